The molecule has 0 atom stereocenters. The van der Waals surface area contributed by atoms with Crippen molar-refractivity contribution in [1.82, 2.24) is 9.99 Å². The number of fused-ring (bicyclic) bond motifs is 1. The number of carbonyl (C=O) groups is 2. The summed E-state index contributed by atoms with van der Waals surface area (Å²) in [6.07, 6.45) is 1.45. The molecule has 2 heterocycles. The molecule has 2 aromatic heterocycles. The molecule has 0 aliphatic rings. The minimum Gasteiger partial charge on any atom is -0.478 e. The van der Waals surface area contributed by atoms with Crippen LogP contribution in [0.2, 0.25) is 0 Å². The maximum absolute atomic E-state index is 12.4. The molecule has 4 aromatic rings. The Labute approximate surface area is 186 Å². The van der Waals surface area contributed by atoms with Crippen molar-refractivity contribution in [1.29, 1.82) is 0 Å². The van der Waals surface area contributed by atoms with Gasteiger partial charge in [0.1, 0.15) is 5.58 Å². The van der Waals surface area contributed by atoms with Crippen molar-refractivity contribution in [3.05, 3.63) is 93.0 Å². The van der Waals surface area contributed by atoms with Gasteiger partial charge in [-0.3, -0.25) is 14.9 Å². The van der Waals surface area contributed by atoms with Gasteiger partial charge in [-0.2, -0.15) is 5.10 Å². The number of furan rings is 1. The molecule has 0 bridgehead atoms. The van der Waals surface area contributed by atoms with Crippen molar-refractivity contribution in [3.8, 4) is 5.69 Å². The van der Waals surface area contributed by atoms with Gasteiger partial charge >= 0.3 is 11.9 Å². The number of nitrogens with zero attached hydrogens (tertiary/aromatic N) is 3. The molecule has 0 spiro atoms. The summed E-state index contributed by atoms with van der Waals surface area (Å²) in [5.74, 6) is -1.68. The van der Waals surface area contributed by atoms with E-state index in [-0.39, 0.29) is 17.0 Å². The van der Waals surface area contributed by atoms with Crippen LogP contribution in [0.4, 0.5) is 5.69 Å². The second-order valence-corrected chi connectivity index (χ2v) is 7.27. The third-order valence-electron chi connectivity index (χ3n) is 5.15. The van der Waals surface area contributed by atoms with Gasteiger partial charge in [0.15, 0.2) is 5.76 Å². The molecular weight excluding hydrogens is 428 g/mol. The number of nitro benzene ring substituents is 1. The Hall–Kier alpha value is -4.73. The molecular formula is C23H18N4O6. The maximum atomic E-state index is 12.4. The molecule has 10 nitrogen and oxygen atoms in total. The number of aromatic nitrogens is 1. The smallest absolute Gasteiger partial charge is 0.337 e. The molecule has 1 amide bonds. The zero-order valence-corrected chi connectivity index (χ0v) is 17.6. The number of aromatic carboxylic acids is 1. The molecule has 0 aliphatic heterocycles. The van der Waals surface area contributed by atoms with E-state index < -0.39 is 16.8 Å². The van der Waals surface area contributed by atoms with E-state index in [0.29, 0.717) is 22.2 Å². The molecule has 0 radical (unpaired) electrons. The van der Waals surface area contributed by atoms with E-state index in [1.54, 1.807) is 22.8 Å². The molecule has 0 fully saturated rings. The summed E-state index contributed by atoms with van der Waals surface area (Å²) >= 11 is 0. The fourth-order valence-corrected chi connectivity index (χ4v) is 3.61. The number of hydrogen-bond donors (Lipinski definition) is 2. The maximum Gasteiger partial charge on any atom is 0.337 e. The van der Waals surface area contributed by atoms with Gasteiger partial charge in [0, 0.05) is 34.5 Å². The van der Waals surface area contributed by atoms with Crippen LogP contribution in [0.5, 0.6) is 0 Å². The summed E-state index contributed by atoms with van der Waals surface area (Å²) in [6.45, 7) is 3.66. The number of hydrazone groups is 1. The second-order valence-electron chi connectivity index (χ2n) is 7.27. The van der Waals surface area contributed by atoms with Crippen molar-refractivity contribution in [2.75, 3.05) is 0 Å². The van der Waals surface area contributed by atoms with Crippen LogP contribution < -0.4 is 5.43 Å². The summed E-state index contributed by atoms with van der Waals surface area (Å²) in [5.41, 5.74) is 5.54. The molecule has 33 heavy (non-hydrogen) atoms. The molecule has 0 saturated carbocycles. The standard InChI is InChI=1S/C23H18N4O6/c1-13-9-16(14(2)26(13)19-6-4-3-5-18(19)23(29)30)12-24-25-22(28)21-11-15-10-17(27(31)32)7-8-20(15)33-21/h3-12H,1-2H3,(H,25,28)(H,29,30)/b24-12-. The van der Waals surface area contributed by atoms with Crippen molar-refractivity contribution in [2.24, 2.45) is 5.10 Å². The highest BCUT2D eigenvalue weighted by atomic mass is 16.6. The van der Waals surface area contributed by atoms with Crippen molar-refractivity contribution in [3.63, 3.8) is 0 Å². The van der Waals surface area contributed by atoms with Crippen LogP contribution in [0.1, 0.15) is 37.9 Å². The number of para-hydroxylation sites is 1. The van der Waals surface area contributed by atoms with E-state index in [1.165, 1.54) is 36.5 Å². The molecule has 0 aliphatic carbocycles. The summed E-state index contributed by atoms with van der Waals surface area (Å²) in [5, 5.41) is 24.8. The van der Waals surface area contributed by atoms with Crippen LogP contribution in [0.15, 0.2) is 64.1 Å². The number of carbonyl (C=O) groups excluding carboxylic acids is 1. The van der Waals surface area contributed by atoms with E-state index in [9.17, 15) is 24.8 Å². The van der Waals surface area contributed by atoms with Gasteiger partial charge < -0.3 is 14.1 Å². The van der Waals surface area contributed by atoms with Crippen molar-refractivity contribution in [2.45, 2.75) is 13.8 Å². The zero-order chi connectivity index (χ0) is 23.7. The van der Waals surface area contributed by atoms with Gasteiger partial charge in [0.05, 0.1) is 22.4 Å². The predicted molar refractivity (Wildman–Crippen MR) is 120 cm³/mol. The predicted octanol–water partition coefficient (Wildman–Crippen LogP) is 4.21. The lowest BCUT2D eigenvalue weighted by Crippen LogP contribution is -2.16. The van der Waals surface area contributed by atoms with E-state index in [0.717, 1.165) is 11.4 Å². The highest BCUT2D eigenvalue weighted by Crippen LogP contribution is 2.25. The first kappa shape index (κ1) is 21.5. The molecule has 0 unspecified atom stereocenters. The Kier molecular flexibility index (Phi) is 5.49. The summed E-state index contributed by atoms with van der Waals surface area (Å²) in [7, 11) is 0. The normalized spacial score (nSPS) is 11.2. The van der Waals surface area contributed by atoms with E-state index in [4.69, 9.17) is 4.42 Å². The highest BCUT2D eigenvalue weighted by Gasteiger charge is 2.17. The van der Waals surface area contributed by atoms with Gasteiger partial charge in [-0.1, -0.05) is 12.1 Å². The lowest BCUT2D eigenvalue weighted by Gasteiger charge is -2.12. The number of carboxylic acids is 1. The molecule has 4 rings (SSSR count). The fraction of sp³-hybridized carbons (Fsp3) is 0.0870. The van der Waals surface area contributed by atoms with Crippen LogP contribution in [0, 0.1) is 24.0 Å². The minimum atomic E-state index is -1.03. The SMILES string of the molecule is Cc1cc(/C=N\NC(=O)c2cc3cc([N+](=O)[O-])ccc3o2)c(C)n1-c1ccccc1C(=O)O. The van der Waals surface area contributed by atoms with E-state index >= 15 is 0 Å². The number of amides is 1. The average molecular weight is 446 g/mol. The lowest BCUT2D eigenvalue weighted by molar-refractivity contribution is -0.384. The quantitative estimate of drug-likeness (QED) is 0.258. The van der Waals surface area contributed by atoms with Gasteiger partial charge in [0.2, 0.25) is 0 Å². The molecule has 2 aromatic carbocycles. The number of nitrogens with one attached hydrogen (secondary N) is 1. The number of non-ortho nitro benzene ring substituents is 1. The van der Waals surface area contributed by atoms with Crippen LogP contribution in [0.25, 0.3) is 16.7 Å². The number of aryl methyl sites for hydroxylation is 1. The third kappa shape index (κ3) is 4.09. The van der Waals surface area contributed by atoms with Gasteiger partial charge in [-0.15, -0.1) is 0 Å². The Bertz CT molecular complexity index is 1450. The summed E-state index contributed by atoms with van der Waals surface area (Å²) in [6, 6.07) is 14.0. The second kappa shape index (κ2) is 8.42. The van der Waals surface area contributed by atoms with Crippen LogP contribution in [-0.4, -0.2) is 32.7 Å². The Balaban J connectivity index is 1.55. The van der Waals surface area contributed by atoms with Crippen molar-refractivity contribution >= 4 is 34.7 Å². The Morgan fingerprint density at radius 3 is 2.64 bits per heavy atom. The first-order valence-corrected chi connectivity index (χ1v) is 9.79. The largest absolute Gasteiger partial charge is 0.478 e. The van der Waals surface area contributed by atoms with Crippen LogP contribution in [0.3, 0.4) is 0 Å². The number of rotatable bonds is 6. The van der Waals surface area contributed by atoms with Gasteiger partial charge in [0.25, 0.3) is 5.69 Å². The Morgan fingerprint density at radius 1 is 1.15 bits per heavy atom. The number of carboxylic acid groups (broad SMARTS) is 1. The van der Waals surface area contributed by atoms with Crippen LogP contribution >= 0.6 is 0 Å². The molecule has 166 valence electrons. The Morgan fingerprint density at radius 2 is 1.91 bits per heavy atom. The average Bonchev–Trinajstić information content (AvgIpc) is 3.33. The first-order chi connectivity index (χ1) is 15.8. The molecule has 0 saturated heterocycles. The van der Waals surface area contributed by atoms with E-state index in [2.05, 4.69) is 10.5 Å². The summed E-state index contributed by atoms with van der Waals surface area (Å²) in [4.78, 5) is 34.4. The molecule has 2 N–H and O–H groups in total. The van der Waals surface area contributed by atoms with Gasteiger partial charge in [-0.05, 0) is 44.2 Å². The molecule has 10 heteroatoms. The third-order valence-corrected chi connectivity index (χ3v) is 5.15. The number of nitro groups is 1. The fourth-order valence-electron chi connectivity index (χ4n) is 3.61. The zero-order valence-electron chi connectivity index (χ0n) is 17.6. The van der Waals surface area contributed by atoms with Crippen LogP contribution in [-0.2, 0) is 0 Å². The summed E-state index contributed by atoms with van der Waals surface area (Å²) < 4.78 is 7.24. The number of hydrogen-bond acceptors (Lipinski definition) is 6. The van der Waals surface area contributed by atoms with Gasteiger partial charge in [-0.25, -0.2) is 10.2 Å². The number of benzene rings is 2. The van der Waals surface area contributed by atoms with E-state index in [1.807, 2.05) is 19.9 Å². The highest BCUT2D eigenvalue weighted by molar-refractivity contribution is 5.97. The first-order valence-electron chi connectivity index (χ1n) is 9.79. The minimum absolute atomic E-state index is 0.0384. The monoisotopic (exact) mass is 446 g/mol. The topological polar surface area (TPSA) is 140 Å². The lowest BCUT2D eigenvalue weighted by atomic mass is 10.1. The van der Waals surface area contributed by atoms with Crippen molar-refractivity contribution < 1.29 is 24.0 Å².